The Kier molecular flexibility index (Phi) is 5.25. The first kappa shape index (κ1) is 15.2. The van der Waals surface area contributed by atoms with Gasteiger partial charge in [-0.25, -0.2) is 4.79 Å². The molecule has 1 aromatic heterocycles. The van der Waals surface area contributed by atoms with Crippen LogP contribution in [0.3, 0.4) is 0 Å². The molecule has 6 nitrogen and oxygen atoms in total. The number of nitrogens with zero attached hydrogens (tertiary/aromatic N) is 1. The van der Waals surface area contributed by atoms with E-state index in [1.165, 1.54) is 18.2 Å². The smallest absolute Gasteiger partial charge is 0.433 e. The van der Waals surface area contributed by atoms with E-state index in [9.17, 15) is 14.9 Å². The standard InChI is InChI=1S/C16H13NO5/c18-16(11-9-14-8-10-15(22-14)17(19)20)21-12-4-7-13-5-2-1-3-6-13/h1-11H,12H2/b7-4+,11-9+. The van der Waals surface area contributed by atoms with Gasteiger partial charge in [-0.1, -0.05) is 36.4 Å². The Morgan fingerprint density at radius 1 is 1.18 bits per heavy atom. The van der Waals surface area contributed by atoms with Crippen molar-refractivity contribution in [3.05, 3.63) is 76.1 Å². The third-order valence-electron chi connectivity index (χ3n) is 2.61. The van der Waals surface area contributed by atoms with E-state index in [4.69, 9.17) is 9.15 Å². The van der Waals surface area contributed by atoms with Crippen molar-refractivity contribution in [2.24, 2.45) is 0 Å². The molecule has 0 amide bonds. The summed E-state index contributed by atoms with van der Waals surface area (Å²) in [5, 5.41) is 10.4. The summed E-state index contributed by atoms with van der Waals surface area (Å²) in [6, 6.07) is 12.2. The summed E-state index contributed by atoms with van der Waals surface area (Å²) in [6.07, 6.45) is 6.03. The Bertz CT molecular complexity index is 700. The number of ether oxygens (including phenoxy) is 1. The van der Waals surface area contributed by atoms with E-state index in [0.717, 1.165) is 11.6 Å². The van der Waals surface area contributed by atoms with Crippen molar-refractivity contribution in [2.45, 2.75) is 0 Å². The molecule has 0 spiro atoms. The number of esters is 1. The van der Waals surface area contributed by atoms with Gasteiger partial charge in [-0.15, -0.1) is 0 Å². The molecule has 0 fully saturated rings. The van der Waals surface area contributed by atoms with E-state index >= 15 is 0 Å². The molecule has 22 heavy (non-hydrogen) atoms. The number of hydrogen-bond acceptors (Lipinski definition) is 5. The minimum atomic E-state index is -0.649. The minimum Gasteiger partial charge on any atom is -0.458 e. The van der Waals surface area contributed by atoms with E-state index in [1.807, 2.05) is 36.4 Å². The third kappa shape index (κ3) is 4.75. The van der Waals surface area contributed by atoms with Crippen molar-refractivity contribution in [1.82, 2.24) is 0 Å². The van der Waals surface area contributed by atoms with Gasteiger partial charge in [0.2, 0.25) is 0 Å². The molecule has 0 aliphatic heterocycles. The van der Waals surface area contributed by atoms with Crippen molar-refractivity contribution in [2.75, 3.05) is 6.61 Å². The molecule has 0 unspecified atom stereocenters. The molecule has 112 valence electrons. The number of carbonyl (C=O) groups is 1. The van der Waals surface area contributed by atoms with Gasteiger partial charge >= 0.3 is 11.9 Å². The molecule has 0 N–H and O–H groups in total. The zero-order valence-electron chi connectivity index (χ0n) is 11.5. The van der Waals surface area contributed by atoms with E-state index < -0.39 is 10.9 Å². The summed E-state index contributed by atoms with van der Waals surface area (Å²) in [5.41, 5.74) is 1.01. The Hall–Kier alpha value is -3.15. The van der Waals surface area contributed by atoms with E-state index in [1.54, 1.807) is 6.08 Å². The molecule has 0 radical (unpaired) electrons. The van der Waals surface area contributed by atoms with Crippen molar-refractivity contribution in [3.63, 3.8) is 0 Å². The van der Waals surface area contributed by atoms with E-state index in [2.05, 4.69) is 0 Å². The highest BCUT2D eigenvalue weighted by molar-refractivity contribution is 5.86. The van der Waals surface area contributed by atoms with Crippen LogP contribution in [-0.4, -0.2) is 17.5 Å². The number of nitro groups is 1. The van der Waals surface area contributed by atoms with Crippen LogP contribution in [0, 0.1) is 10.1 Å². The lowest BCUT2D eigenvalue weighted by molar-refractivity contribution is -0.402. The predicted molar refractivity (Wildman–Crippen MR) is 80.8 cm³/mol. The van der Waals surface area contributed by atoms with Crippen molar-refractivity contribution in [3.8, 4) is 0 Å². The lowest BCUT2D eigenvalue weighted by Gasteiger charge is -1.96. The van der Waals surface area contributed by atoms with Gasteiger partial charge < -0.3 is 9.15 Å². The van der Waals surface area contributed by atoms with E-state index in [-0.39, 0.29) is 18.3 Å². The second-order valence-electron chi connectivity index (χ2n) is 4.21. The molecule has 2 rings (SSSR count). The number of carbonyl (C=O) groups excluding carboxylic acids is 1. The maximum Gasteiger partial charge on any atom is 0.433 e. The van der Waals surface area contributed by atoms with Crippen molar-refractivity contribution >= 4 is 24.0 Å². The minimum absolute atomic E-state index is 0.135. The normalized spacial score (nSPS) is 11.1. The summed E-state index contributed by atoms with van der Waals surface area (Å²) >= 11 is 0. The Labute approximate surface area is 126 Å². The van der Waals surface area contributed by atoms with Gasteiger partial charge in [0.1, 0.15) is 17.3 Å². The summed E-state index contributed by atoms with van der Waals surface area (Å²) in [7, 11) is 0. The van der Waals surface area contributed by atoms with Gasteiger partial charge in [0, 0.05) is 6.08 Å². The quantitative estimate of drug-likeness (QED) is 0.353. The number of rotatable bonds is 6. The van der Waals surface area contributed by atoms with Gasteiger partial charge in [-0.05, 0) is 23.8 Å². The molecule has 0 aliphatic carbocycles. The highest BCUT2D eigenvalue weighted by Gasteiger charge is 2.10. The van der Waals surface area contributed by atoms with Crippen LogP contribution in [0.15, 0.2) is 59.0 Å². The van der Waals surface area contributed by atoms with Gasteiger partial charge in [0.15, 0.2) is 0 Å². The van der Waals surface area contributed by atoms with Crippen LogP contribution in [0.5, 0.6) is 0 Å². The molecule has 2 aromatic rings. The highest BCUT2D eigenvalue weighted by atomic mass is 16.6. The van der Waals surface area contributed by atoms with Gasteiger partial charge in [0.05, 0.1) is 6.07 Å². The summed E-state index contributed by atoms with van der Waals surface area (Å²) < 4.78 is 9.82. The van der Waals surface area contributed by atoms with Crippen LogP contribution in [0.2, 0.25) is 0 Å². The molecule has 0 aliphatic rings. The van der Waals surface area contributed by atoms with Crippen LogP contribution in [-0.2, 0) is 9.53 Å². The largest absolute Gasteiger partial charge is 0.458 e. The Balaban J connectivity index is 1.79. The predicted octanol–water partition coefficient (Wildman–Crippen LogP) is 3.46. The van der Waals surface area contributed by atoms with Gasteiger partial charge in [-0.2, -0.15) is 0 Å². The molecule has 0 atom stereocenters. The summed E-state index contributed by atoms with van der Waals surface area (Å²) in [4.78, 5) is 21.2. The number of hydrogen-bond donors (Lipinski definition) is 0. The first-order chi connectivity index (χ1) is 10.6. The van der Waals surface area contributed by atoms with Crippen LogP contribution in [0.25, 0.3) is 12.2 Å². The monoisotopic (exact) mass is 299 g/mol. The second-order valence-corrected chi connectivity index (χ2v) is 4.21. The second kappa shape index (κ2) is 7.58. The van der Waals surface area contributed by atoms with Crippen LogP contribution in [0.1, 0.15) is 11.3 Å². The molecular weight excluding hydrogens is 286 g/mol. The molecule has 0 saturated heterocycles. The first-order valence-electron chi connectivity index (χ1n) is 6.46. The summed E-state index contributed by atoms with van der Waals surface area (Å²) in [6.45, 7) is 0.135. The molecule has 0 saturated carbocycles. The molecular formula is C16H13NO5. The average molecular weight is 299 g/mol. The van der Waals surface area contributed by atoms with E-state index in [0.29, 0.717) is 0 Å². The lowest BCUT2D eigenvalue weighted by atomic mass is 10.2. The molecule has 1 heterocycles. The highest BCUT2D eigenvalue weighted by Crippen LogP contribution is 2.16. The Morgan fingerprint density at radius 2 is 1.95 bits per heavy atom. The van der Waals surface area contributed by atoms with Gasteiger partial charge in [0.25, 0.3) is 0 Å². The van der Waals surface area contributed by atoms with Crippen LogP contribution < -0.4 is 0 Å². The van der Waals surface area contributed by atoms with Crippen molar-refractivity contribution in [1.29, 1.82) is 0 Å². The fraction of sp³-hybridized carbons (Fsp3) is 0.0625. The van der Waals surface area contributed by atoms with Crippen LogP contribution >= 0.6 is 0 Å². The summed E-state index contributed by atoms with van der Waals surface area (Å²) in [5.74, 6) is -0.723. The molecule has 0 bridgehead atoms. The number of furan rings is 1. The molecule has 6 heteroatoms. The topological polar surface area (TPSA) is 82.6 Å². The first-order valence-corrected chi connectivity index (χ1v) is 6.46. The molecule has 1 aromatic carbocycles. The lowest BCUT2D eigenvalue weighted by Crippen LogP contribution is -1.99. The third-order valence-corrected chi connectivity index (χ3v) is 2.61. The fourth-order valence-electron chi connectivity index (χ4n) is 1.61. The number of benzene rings is 1. The van der Waals surface area contributed by atoms with Crippen molar-refractivity contribution < 1.29 is 18.9 Å². The van der Waals surface area contributed by atoms with Gasteiger partial charge in [-0.3, -0.25) is 10.1 Å². The fourth-order valence-corrected chi connectivity index (χ4v) is 1.61. The average Bonchev–Trinajstić information content (AvgIpc) is 3.00. The maximum atomic E-state index is 11.4. The Morgan fingerprint density at radius 3 is 2.64 bits per heavy atom. The van der Waals surface area contributed by atoms with Crippen LogP contribution in [0.4, 0.5) is 5.88 Å². The zero-order valence-corrected chi connectivity index (χ0v) is 11.5. The SMILES string of the molecule is O=C(/C=C/c1ccc([N+](=O)[O-])o1)OC/C=C/c1ccccc1. The maximum absolute atomic E-state index is 11.4. The zero-order chi connectivity index (χ0) is 15.8.